The van der Waals surface area contributed by atoms with E-state index >= 15 is 0 Å². The van der Waals surface area contributed by atoms with E-state index < -0.39 is 5.97 Å². The molecule has 204 valence electrons. The van der Waals surface area contributed by atoms with Crippen LogP contribution in [0.5, 0.6) is 0 Å². The average Bonchev–Trinajstić information content (AvgIpc) is 3.42. The van der Waals surface area contributed by atoms with Gasteiger partial charge in [0.05, 0.1) is 29.0 Å². The van der Waals surface area contributed by atoms with Gasteiger partial charge in [0.15, 0.2) is 5.11 Å². The number of carbonyl (C=O) groups is 2. The zero-order chi connectivity index (χ0) is 28.4. The summed E-state index contributed by atoms with van der Waals surface area (Å²) in [5.41, 5.74) is 6.27. The predicted molar refractivity (Wildman–Crippen MR) is 159 cm³/mol. The summed E-state index contributed by atoms with van der Waals surface area (Å²) in [6, 6.07) is 22.0. The van der Waals surface area contributed by atoms with Gasteiger partial charge in [0.2, 0.25) is 5.91 Å². The minimum absolute atomic E-state index is 0.103. The Labute approximate surface area is 238 Å². The molecule has 1 fully saturated rings. The van der Waals surface area contributed by atoms with E-state index in [-0.39, 0.29) is 30.0 Å². The molecule has 3 heterocycles. The van der Waals surface area contributed by atoms with Gasteiger partial charge in [-0.3, -0.25) is 9.78 Å². The van der Waals surface area contributed by atoms with Crippen molar-refractivity contribution in [2.75, 3.05) is 11.9 Å². The summed E-state index contributed by atoms with van der Waals surface area (Å²) in [4.78, 5) is 31.6. The molecule has 1 aliphatic rings. The first-order valence-electron chi connectivity index (χ1n) is 13.1. The van der Waals surface area contributed by atoms with Gasteiger partial charge >= 0.3 is 5.97 Å². The number of rotatable bonds is 8. The second kappa shape index (κ2) is 11.3. The molecular formula is C31H31N5O3S. The molecule has 0 bridgehead atoms. The number of nitrogens with one attached hydrogen (secondary N) is 2. The van der Waals surface area contributed by atoms with Crippen LogP contribution in [0.2, 0.25) is 0 Å². The number of aromatic carboxylic acids is 1. The van der Waals surface area contributed by atoms with Crippen molar-refractivity contribution in [1.29, 1.82) is 0 Å². The lowest BCUT2D eigenvalue weighted by atomic mass is 9.96. The van der Waals surface area contributed by atoms with Crippen molar-refractivity contribution in [2.24, 2.45) is 0 Å². The molecule has 2 aromatic carbocycles. The monoisotopic (exact) mass is 553 g/mol. The molecule has 2 atom stereocenters. The number of amides is 1. The van der Waals surface area contributed by atoms with Crippen LogP contribution < -0.4 is 10.6 Å². The van der Waals surface area contributed by atoms with Crippen LogP contribution in [-0.2, 0) is 4.79 Å². The van der Waals surface area contributed by atoms with Crippen LogP contribution in [0.25, 0.3) is 5.69 Å². The number of hydrogen-bond donors (Lipinski definition) is 3. The summed E-state index contributed by atoms with van der Waals surface area (Å²) >= 11 is 5.80. The first-order chi connectivity index (χ1) is 19.2. The van der Waals surface area contributed by atoms with Gasteiger partial charge in [0.25, 0.3) is 0 Å². The van der Waals surface area contributed by atoms with Crippen LogP contribution in [0.1, 0.15) is 57.1 Å². The van der Waals surface area contributed by atoms with Gasteiger partial charge in [-0.25, -0.2) is 4.79 Å². The van der Waals surface area contributed by atoms with Crippen molar-refractivity contribution in [3.8, 4) is 5.69 Å². The van der Waals surface area contributed by atoms with Gasteiger partial charge in [0, 0.05) is 36.2 Å². The number of carboxylic acid groups (broad SMARTS) is 1. The number of carbonyl (C=O) groups excluding carboxylic acids is 1. The zero-order valence-corrected chi connectivity index (χ0v) is 23.4. The number of nitrogens with zero attached hydrogens (tertiary/aromatic N) is 3. The smallest absolute Gasteiger partial charge is 0.337 e. The zero-order valence-electron chi connectivity index (χ0n) is 22.6. The number of aryl methyl sites for hydroxylation is 2. The van der Waals surface area contributed by atoms with E-state index in [0.29, 0.717) is 17.3 Å². The Hall–Kier alpha value is -4.50. The highest BCUT2D eigenvalue weighted by Gasteiger charge is 2.41. The largest absolute Gasteiger partial charge is 0.478 e. The molecule has 5 rings (SSSR count). The topological polar surface area (TPSA) is 99.5 Å². The number of benzene rings is 2. The van der Waals surface area contributed by atoms with Gasteiger partial charge < -0.3 is 25.2 Å². The minimum Gasteiger partial charge on any atom is -0.478 e. The van der Waals surface area contributed by atoms with Crippen LogP contribution in [0, 0.1) is 20.8 Å². The van der Waals surface area contributed by atoms with Crippen LogP contribution >= 0.6 is 12.2 Å². The normalized spacial score (nSPS) is 16.6. The molecule has 0 saturated carbocycles. The maximum absolute atomic E-state index is 12.9. The SMILES string of the molecule is Cc1cccc(NC(=O)CCN2C(=S)N[C@H](c3ccccn3)[C@H]2c2cc(C)n(-c3ccccc3C(=O)O)c2C)c1. The quantitative estimate of drug-likeness (QED) is 0.248. The van der Waals surface area contributed by atoms with Crippen molar-refractivity contribution in [3.63, 3.8) is 0 Å². The highest BCUT2D eigenvalue weighted by atomic mass is 32.1. The maximum atomic E-state index is 12.9. The van der Waals surface area contributed by atoms with E-state index in [4.69, 9.17) is 12.2 Å². The Balaban J connectivity index is 1.50. The van der Waals surface area contributed by atoms with Crippen LogP contribution in [0.15, 0.2) is 79.0 Å². The first kappa shape index (κ1) is 27.1. The van der Waals surface area contributed by atoms with Crippen molar-refractivity contribution < 1.29 is 14.7 Å². The van der Waals surface area contributed by atoms with Crippen molar-refractivity contribution >= 4 is 34.9 Å². The van der Waals surface area contributed by atoms with Gasteiger partial charge in [-0.2, -0.15) is 0 Å². The summed E-state index contributed by atoms with van der Waals surface area (Å²) in [7, 11) is 0. The third-order valence-corrected chi connectivity index (χ3v) is 7.60. The molecule has 9 heteroatoms. The number of aromatic nitrogens is 2. The molecule has 1 aliphatic heterocycles. The maximum Gasteiger partial charge on any atom is 0.337 e. The molecule has 0 unspecified atom stereocenters. The fraction of sp³-hybridized carbons (Fsp3) is 0.226. The third-order valence-electron chi connectivity index (χ3n) is 7.24. The second-order valence-electron chi connectivity index (χ2n) is 9.97. The number of hydrogen-bond acceptors (Lipinski definition) is 4. The number of pyridine rings is 1. The van der Waals surface area contributed by atoms with Crippen molar-refractivity contribution in [1.82, 2.24) is 19.8 Å². The van der Waals surface area contributed by atoms with E-state index in [1.54, 1.807) is 18.3 Å². The Morgan fingerprint density at radius 1 is 1.02 bits per heavy atom. The lowest BCUT2D eigenvalue weighted by Crippen LogP contribution is -2.32. The number of carboxylic acids is 1. The number of thiocarbonyl (C=S) groups is 1. The highest BCUT2D eigenvalue weighted by Crippen LogP contribution is 2.41. The van der Waals surface area contributed by atoms with Gasteiger partial charge in [-0.15, -0.1) is 0 Å². The molecular weight excluding hydrogens is 522 g/mol. The molecule has 0 aliphatic carbocycles. The molecule has 8 nitrogen and oxygen atoms in total. The molecule has 1 amide bonds. The molecule has 40 heavy (non-hydrogen) atoms. The fourth-order valence-electron chi connectivity index (χ4n) is 5.46. The van der Waals surface area contributed by atoms with E-state index in [1.807, 2.05) is 84.8 Å². The molecule has 3 N–H and O–H groups in total. The summed E-state index contributed by atoms with van der Waals surface area (Å²) in [6.45, 7) is 6.33. The molecule has 4 aromatic rings. The van der Waals surface area contributed by atoms with Crippen LogP contribution in [0.4, 0.5) is 5.69 Å². The fourth-order valence-corrected chi connectivity index (χ4v) is 5.79. The molecule has 0 spiro atoms. The molecule has 2 aromatic heterocycles. The van der Waals surface area contributed by atoms with Gasteiger partial charge in [-0.1, -0.05) is 30.3 Å². The first-order valence-corrected chi connectivity index (χ1v) is 13.5. The Morgan fingerprint density at radius 3 is 2.52 bits per heavy atom. The summed E-state index contributed by atoms with van der Waals surface area (Å²) in [5, 5.41) is 16.8. The second-order valence-corrected chi connectivity index (χ2v) is 10.4. The third kappa shape index (κ3) is 5.33. The van der Waals surface area contributed by atoms with E-state index in [9.17, 15) is 14.7 Å². The highest BCUT2D eigenvalue weighted by molar-refractivity contribution is 7.80. The lowest BCUT2D eigenvalue weighted by Gasteiger charge is -2.28. The van der Waals surface area contributed by atoms with Gasteiger partial charge in [0.1, 0.15) is 0 Å². The summed E-state index contributed by atoms with van der Waals surface area (Å²) in [5.74, 6) is -1.09. The predicted octanol–water partition coefficient (Wildman–Crippen LogP) is 5.50. The molecule has 1 saturated heterocycles. The Morgan fingerprint density at radius 2 is 1.80 bits per heavy atom. The van der Waals surface area contributed by atoms with E-state index in [2.05, 4.69) is 21.7 Å². The summed E-state index contributed by atoms with van der Waals surface area (Å²) in [6.07, 6.45) is 1.99. The van der Waals surface area contributed by atoms with Crippen molar-refractivity contribution in [3.05, 3.63) is 113 Å². The number of anilines is 1. The van der Waals surface area contributed by atoms with Gasteiger partial charge in [-0.05, 0) is 86.6 Å². The Bertz CT molecular complexity index is 1580. The van der Waals surface area contributed by atoms with Crippen LogP contribution in [0.3, 0.4) is 0 Å². The van der Waals surface area contributed by atoms with E-state index in [0.717, 1.165) is 33.9 Å². The number of para-hydroxylation sites is 1. The molecule has 0 radical (unpaired) electrons. The van der Waals surface area contributed by atoms with Crippen molar-refractivity contribution in [2.45, 2.75) is 39.3 Å². The minimum atomic E-state index is -0.985. The lowest BCUT2D eigenvalue weighted by molar-refractivity contribution is -0.116. The Kier molecular flexibility index (Phi) is 7.66. The average molecular weight is 554 g/mol. The van der Waals surface area contributed by atoms with E-state index in [1.165, 1.54) is 0 Å². The van der Waals surface area contributed by atoms with Crippen LogP contribution in [-0.4, -0.2) is 43.1 Å². The standard InChI is InChI=1S/C31H31N5O3S/c1-19-9-8-10-22(17-19)33-27(37)14-16-35-29(28(34-31(35)40)25-12-6-7-15-32-25)24-18-20(2)36(21(24)3)26-13-5-4-11-23(26)30(38)39/h4-13,15,17-18,28-29H,14,16H2,1-3H3,(H,33,37)(H,34,40)(H,38,39)/t28-,29-/m1/s1. The summed E-state index contributed by atoms with van der Waals surface area (Å²) < 4.78 is 1.97.